The minimum Gasteiger partial charge on any atom is -0.303 e. The van der Waals surface area contributed by atoms with Crippen LogP contribution in [0, 0.1) is 0 Å². The van der Waals surface area contributed by atoms with Gasteiger partial charge < -0.3 is 4.79 Å². The van der Waals surface area contributed by atoms with Crippen molar-refractivity contribution < 1.29 is 4.79 Å². The van der Waals surface area contributed by atoms with Gasteiger partial charge in [0.2, 0.25) is 0 Å². The standard InChI is InChI=1S/C9H14O/c1-3-4-5-6-9(2)7-8-10/h4-6,8H,3,7H2,1-2H3/b5-4+,9-6+. The van der Waals surface area contributed by atoms with E-state index in [1.807, 2.05) is 19.1 Å². The molecule has 56 valence electrons. The first-order chi connectivity index (χ1) is 4.81. The van der Waals surface area contributed by atoms with E-state index in [0.717, 1.165) is 18.3 Å². The molecule has 0 bridgehead atoms. The molecule has 0 radical (unpaired) electrons. The average molecular weight is 138 g/mol. The van der Waals surface area contributed by atoms with Crippen molar-refractivity contribution in [3.05, 3.63) is 23.8 Å². The average Bonchev–Trinajstić information content (AvgIpc) is 1.89. The molecule has 0 aromatic carbocycles. The van der Waals surface area contributed by atoms with Gasteiger partial charge in [-0.3, -0.25) is 0 Å². The molecule has 0 amide bonds. The molecule has 0 aliphatic heterocycles. The highest BCUT2D eigenvalue weighted by Crippen LogP contribution is 1.96. The van der Waals surface area contributed by atoms with Crippen LogP contribution in [0.5, 0.6) is 0 Å². The van der Waals surface area contributed by atoms with Gasteiger partial charge in [-0.25, -0.2) is 0 Å². The molecule has 0 atom stereocenters. The van der Waals surface area contributed by atoms with Crippen LogP contribution in [0.4, 0.5) is 0 Å². The van der Waals surface area contributed by atoms with E-state index in [1.54, 1.807) is 0 Å². The van der Waals surface area contributed by atoms with Crippen molar-refractivity contribution in [1.82, 2.24) is 0 Å². The van der Waals surface area contributed by atoms with Crippen molar-refractivity contribution in [2.75, 3.05) is 0 Å². The van der Waals surface area contributed by atoms with Gasteiger partial charge in [-0.15, -0.1) is 0 Å². The van der Waals surface area contributed by atoms with Crippen molar-refractivity contribution in [3.63, 3.8) is 0 Å². The molecule has 1 heteroatoms. The van der Waals surface area contributed by atoms with Crippen LogP contribution in [-0.4, -0.2) is 6.29 Å². The van der Waals surface area contributed by atoms with E-state index in [-0.39, 0.29) is 0 Å². The van der Waals surface area contributed by atoms with Crippen LogP contribution in [0.3, 0.4) is 0 Å². The SMILES string of the molecule is CC/C=C/C=C(\C)CC=O. The Morgan fingerprint density at radius 2 is 2.20 bits per heavy atom. The highest BCUT2D eigenvalue weighted by atomic mass is 16.1. The lowest BCUT2D eigenvalue weighted by Crippen LogP contribution is -1.75. The number of carbonyl (C=O) groups excluding carboxylic acids is 1. The Morgan fingerprint density at radius 1 is 1.50 bits per heavy atom. The number of carbonyl (C=O) groups is 1. The molecular formula is C9H14O. The molecule has 0 N–H and O–H groups in total. The molecule has 0 aromatic heterocycles. The number of rotatable bonds is 4. The summed E-state index contributed by atoms with van der Waals surface area (Å²) in [5, 5.41) is 0. The second kappa shape index (κ2) is 6.27. The van der Waals surface area contributed by atoms with Crippen LogP contribution in [0.25, 0.3) is 0 Å². The van der Waals surface area contributed by atoms with Gasteiger partial charge in [0.05, 0.1) is 0 Å². The van der Waals surface area contributed by atoms with Crippen molar-refractivity contribution in [2.24, 2.45) is 0 Å². The van der Waals surface area contributed by atoms with Gasteiger partial charge in [0.25, 0.3) is 0 Å². The molecule has 0 unspecified atom stereocenters. The zero-order chi connectivity index (χ0) is 7.82. The maximum absolute atomic E-state index is 9.98. The monoisotopic (exact) mass is 138 g/mol. The van der Waals surface area contributed by atoms with Crippen LogP contribution in [0.1, 0.15) is 26.7 Å². The van der Waals surface area contributed by atoms with Crippen LogP contribution < -0.4 is 0 Å². The van der Waals surface area contributed by atoms with Gasteiger partial charge in [0.15, 0.2) is 0 Å². The zero-order valence-electron chi connectivity index (χ0n) is 6.63. The lowest BCUT2D eigenvalue weighted by molar-refractivity contribution is -0.107. The molecule has 0 heterocycles. The maximum atomic E-state index is 9.98. The minimum atomic E-state index is 0.550. The summed E-state index contributed by atoms with van der Waals surface area (Å²) in [5.41, 5.74) is 1.11. The third-order valence-corrected chi connectivity index (χ3v) is 1.16. The fraction of sp³-hybridized carbons (Fsp3) is 0.444. The molecule has 0 rings (SSSR count). The van der Waals surface area contributed by atoms with Crippen LogP contribution in [0.15, 0.2) is 23.8 Å². The molecule has 0 aliphatic carbocycles. The van der Waals surface area contributed by atoms with E-state index in [4.69, 9.17) is 0 Å². The van der Waals surface area contributed by atoms with E-state index in [0.29, 0.717) is 6.42 Å². The molecule has 0 aliphatic rings. The van der Waals surface area contributed by atoms with E-state index in [1.165, 1.54) is 0 Å². The topological polar surface area (TPSA) is 17.1 Å². The summed E-state index contributed by atoms with van der Waals surface area (Å²) in [6, 6.07) is 0. The number of allylic oxidation sites excluding steroid dienone is 4. The Kier molecular flexibility index (Phi) is 5.74. The second-order valence-corrected chi connectivity index (χ2v) is 2.22. The Hall–Kier alpha value is -0.850. The molecule has 10 heavy (non-hydrogen) atoms. The zero-order valence-corrected chi connectivity index (χ0v) is 6.63. The van der Waals surface area contributed by atoms with E-state index in [2.05, 4.69) is 13.0 Å². The predicted molar refractivity (Wildman–Crippen MR) is 43.9 cm³/mol. The number of aldehydes is 1. The molecule has 0 fully saturated rings. The highest BCUT2D eigenvalue weighted by Gasteiger charge is 1.81. The minimum absolute atomic E-state index is 0.550. The molecule has 1 nitrogen and oxygen atoms in total. The summed E-state index contributed by atoms with van der Waals surface area (Å²) in [4.78, 5) is 9.98. The van der Waals surface area contributed by atoms with Crippen molar-refractivity contribution >= 4 is 6.29 Å². The Morgan fingerprint density at radius 3 is 2.70 bits per heavy atom. The van der Waals surface area contributed by atoms with Crippen molar-refractivity contribution in [1.29, 1.82) is 0 Å². The second-order valence-electron chi connectivity index (χ2n) is 2.22. The van der Waals surface area contributed by atoms with Gasteiger partial charge in [-0.05, 0) is 13.3 Å². The molecule has 0 spiro atoms. The van der Waals surface area contributed by atoms with Crippen molar-refractivity contribution in [3.8, 4) is 0 Å². The summed E-state index contributed by atoms with van der Waals surface area (Å²) >= 11 is 0. The Bertz CT molecular complexity index is 143. The highest BCUT2D eigenvalue weighted by molar-refractivity contribution is 5.54. The van der Waals surface area contributed by atoms with Crippen molar-refractivity contribution in [2.45, 2.75) is 26.7 Å². The van der Waals surface area contributed by atoms with E-state index < -0.39 is 0 Å². The summed E-state index contributed by atoms with van der Waals surface area (Å²) in [5.74, 6) is 0. The first kappa shape index (κ1) is 9.15. The molecular weight excluding hydrogens is 124 g/mol. The summed E-state index contributed by atoms with van der Waals surface area (Å²) in [6.07, 6.45) is 8.54. The molecule has 0 saturated carbocycles. The third-order valence-electron chi connectivity index (χ3n) is 1.16. The Balaban J connectivity index is 3.67. The van der Waals surface area contributed by atoms with Gasteiger partial charge >= 0.3 is 0 Å². The lowest BCUT2D eigenvalue weighted by Gasteiger charge is -1.87. The molecule has 0 saturated heterocycles. The van der Waals surface area contributed by atoms with Gasteiger partial charge in [-0.2, -0.15) is 0 Å². The quantitative estimate of drug-likeness (QED) is 0.431. The third kappa shape index (κ3) is 5.29. The van der Waals surface area contributed by atoms with Gasteiger partial charge in [0.1, 0.15) is 6.29 Å². The fourth-order valence-electron chi connectivity index (χ4n) is 0.568. The van der Waals surface area contributed by atoms with Gasteiger partial charge in [-0.1, -0.05) is 30.7 Å². The Labute approximate surface area is 62.4 Å². The normalized spacial score (nSPS) is 12.4. The predicted octanol–water partition coefficient (Wildman–Crippen LogP) is 2.49. The molecule has 0 aromatic rings. The summed E-state index contributed by atoms with van der Waals surface area (Å²) < 4.78 is 0. The first-order valence-electron chi connectivity index (χ1n) is 3.57. The maximum Gasteiger partial charge on any atom is 0.124 e. The number of hydrogen-bond acceptors (Lipinski definition) is 1. The van der Waals surface area contributed by atoms with E-state index >= 15 is 0 Å². The summed E-state index contributed by atoms with van der Waals surface area (Å²) in [6.45, 7) is 4.04. The summed E-state index contributed by atoms with van der Waals surface area (Å²) in [7, 11) is 0. The van der Waals surface area contributed by atoms with Gasteiger partial charge in [0, 0.05) is 6.42 Å². The lowest BCUT2D eigenvalue weighted by atomic mass is 10.2. The van der Waals surface area contributed by atoms with E-state index in [9.17, 15) is 4.79 Å². The smallest absolute Gasteiger partial charge is 0.124 e. The first-order valence-corrected chi connectivity index (χ1v) is 3.57. The largest absolute Gasteiger partial charge is 0.303 e. The van der Waals surface area contributed by atoms with Crippen LogP contribution in [0.2, 0.25) is 0 Å². The van der Waals surface area contributed by atoms with Crippen LogP contribution in [-0.2, 0) is 4.79 Å². The number of hydrogen-bond donors (Lipinski definition) is 0. The van der Waals surface area contributed by atoms with Crippen LogP contribution >= 0.6 is 0 Å². The fourth-order valence-corrected chi connectivity index (χ4v) is 0.568.